The number of nitrogen functional groups attached to an aromatic ring is 1. The predicted octanol–water partition coefficient (Wildman–Crippen LogP) is 9.42. The lowest BCUT2D eigenvalue weighted by Crippen LogP contribution is -2.18. The minimum atomic E-state index is -1.55. The molecule has 0 radical (unpaired) electrons. The molecule has 0 spiro atoms. The van der Waals surface area contributed by atoms with Crippen LogP contribution in [0.5, 0.6) is 0 Å². The lowest BCUT2D eigenvalue weighted by atomic mass is 10.1. The number of rotatable bonds is 3. The van der Waals surface area contributed by atoms with Crippen LogP contribution >= 0.6 is 0 Å². The second-order valence-corrected chi connectivity index (χ2v) is 14.9. The molecule has 0 fully saturated rings. The van der Waals surface area contributed by atoms with Crippen LogP contribution in [0.25, 0.3) is 99.6 Å². The van der Waals surface area contributed by atoms with E-state index in [4.69, 9.17) is 23.4 Å². The highest BCUT2D eigenvalue weighted by molar-refractivity contribution is 6.04. The van der Waals surface area contributed by atoms with E-state index < -0.39 is 73.3 Å². The Bertz CT molecular complexity index is 4410. The highest BCUT2D eigenvalue weighted by Gasteiger charge is 2.25. The number of nitrogens with zero attached hydrogens (tertiary/aromatic N) is 3. The van der Waals surface area contributed by atoms with Gasteiger partial charge in [0.2, 0.25) is 22.5 Å². The van der Waals surface area contributed by atoms with Gasteiger partial charge in [0.15, 0.2) is 56.3 Å². The molecule has 0 amide bonds. The van der Waals surface area contributed by atoms with Gasteiger partial charge in [0.25, 0.3) is 5.69 Å². The number of fused-ring (bicyclic) bond motifs is 8. The van der Waals surface area contributed by atoms with E-state index in [0.29, 0.717) is 51.1 Å². The lowest BCUT2D eigenvalue weighted by molar-refractivity contribution is -0.384. The maximum atomic E-state index is 14.6. The van der Waals surface area contributed by atoms with Crippen LogP contribution in [0, 0.1) is 33.4 Å². The summed E-state index contributed by atoms with van der Waals surface area (Å²) in [7, 11) is 0. The van der Waals surface area contributed by atoms with Crippen molar-refractivity contribution in [1.29, 1.82) is 0 Å². The first-order valence-electron chi connectivity index (χ1n) is 19.0. The summed E-state index contributed by atoms with van der Waals surface area (Å²) < 4.78 is 83.2. The minimum absolute atomic E-state index is 0.0264. The van der Waals surface area contributed by atoms with Gasteiger partial charge in [-0.05, 0) is 30.3 Å². The van der Waals surface area contributed by atoms with E-state index in [1.165, 1.54) is 45.2 Å². The third kappa shape index (κ3) is 5.74. The van der Waals surface area contributed by atoms with Gasteiger partial charge in [-0.1, -0.05) is 0 Å². The molecule has 0 saturated carbocycles. The SMILES string of the molecule is Nc1ccc2[nH]c3cc4oc5c(F)c(F)cc6c(=O)c(C(=O)O)cn(c4cc3oc2c1)c56.O=C(O)c1cn2c3cc4oc5cc([N+](=O)[O-])ccc5[nH]c4cc3oc3c(F)c(F)cc(c1=O)c32. The number of carboxylic acid groups (broad SMARTS) is 2. The van der Waals surface area contributed by atoms with Gasteiger partial charge in [-0.25, -0.2) is 18.4 Å². The zero-order valence-electron chi connectivity index (χ0n) is 32.5. The zero-order valence-corrected chi connectivity index (χ0v) is 32.5. The van der Waals surface area contributed by atoms with Crippen molar-refractivity contribution in [2.24, 2.45) is 0 Å². The first kappa shape index (κ1) is 39.3. The van der Waals surface area contributed by atoms with Crippen LogP contribution in [0.3, 0.4) is 0 Å². The molecule has 66 heavy (non-hydrogen) atoms. The fraction of sp³-hybridized carbons (Fsp3) is 0. The van der Waals surface area contributed by atoms with Crippen molar-refractivity contribution in [2.75, 3.05) is 5.73 Å². The fourth-order valence-corrected chi connectivity index (χ4v) is 7.97. The van der Waals surface area contributed by atoms with Crippen molar-refractivity contribution in [1.82, 2.24) is 18.8 Å². The zero-order chi connectivity index (χ0) is 46.2. The summed E-state index contributed by atoms with van der Waals surface area (Å²) in [5, 5.41) is 29.3. The third-order valence-corrected chi connectivity index (χ3v) is 11.0. The van der Waals surface area contributed by atoms with E-state index in [0.717, 1.165) is 12.4 Å². The number of H-pyrrole nitrogens is 2. The van der Waals surface area contributed by atoms with Gasteiger partial charge in [-0.15, -0.1) is 0 Å². The van der Waals surface area contributed by atoms with Crippen LogP contribution in [0.2, 0.25) is 0 Å². The molecule has 12 rings (SSSR count). The molecule has 6 aromatic heterocycles. The van der Waals surface area contributed by atoms with Crippen LogP contribution in [-0.2, 0) is 0 Å². The number of carboxylic acids is 2. The predicted molar refractivity (Wildman–Crippen MR) is 228 cm³/mol. The maximum absolute atomic E-state index is 14.6. The van der Waals surface area contributed by atoms with Crippen LogP contribution in [0.1, 0.15) is 20.7 Å². The number of hydrogen-bond acceptors (Lipinski definition) is 11. The number of non-ortho nitro benzene ring substituents is 1. The maximum Gasteiger partial charge on any atom is 0.341 e. The Kier molecular flexibility index (Phi) is 8.15. The number of aromatic amines is 2. The summed E-state index contributed by atoms with van der Waals surface area (Å²) in [6, 6.07) is 16.2. The molecule has 0 saturated heterocycles. The molecule has 12 aromatic rings. The van der Waals surface area contributed by atoms with Crippen molar-refractivity contribution < 1.29 is 60.0 Å². The van der Waals surface area contributed by atoms with E-state index >= 15 is 0 Å². The molecule has 6 N–H and O–H groups in total. The van der Waals surface area contributed by atoms with Crippen molar-refractivity contribution in [3.63, 3.8) is 0 Å². The Morgan fingerprint density at radius 2 is 1.03 bits per heavy atom. The summed E-state index contributed by atoms with van der Waals surface area (Å²) in [6.45, 7) is 0. The molecular weight excluding hydrogens is 881 g/mol. The van der Waals surface area contributed by atoms with Crippen molar-refractivity contribution in [2.45, 2.75) is 0 Å². The highest BCUT2D eigenvalue weighted by atomic mass is 19.2. The molecule has 18 nitrogen and oxygen atoms in total. The summed E-state index contributed by atoms with van der Waals surface area (Å²) in [5.41, 5.74) is 5.31. The number of hydrogen-bond donors (Lipinski definition) is 5. The summed E-state index contributed by atoms with van der Waals surface area (Å²) >= 11 is 0. The Morgan fingerprint density at radius 1 is 0.591 bits per heavy atom. The van der Waals surface area contributed by atoms with Gasteiger partial charge >= 0.3 is 11.9 Å². The number of anilines is 1. The Balaban J connectivity index is 0.000000146. The van der Waals surface area contributed by atoms with E-state index in [2.05, 4.69) is 9.97 Å². The van der Waals surface area contributed by atoms with Crippen molar-refractivity contribution >= 4 is 123 Å². The number of pyridine rings is 2. The third-order valence-electron chi connectivity index (χ3n) is 11.0. The Hall–Kier alpha value is -9.60. The van der Waals surface area contributed by atoms with E-state index in [-0.39, 0.29) is 60.9 Å². The number of carbonyl (C=O) groups is 2. The Morgan fingerprint density at radius 3 is 1.48 bits per heavy atom. The first-order valence-corrected chi connectivity index (χ1v) is 19.0. The summed E-state index contributed by atoms with van der Waals surface area (Å²) in [6.07, 6.45) is 2.06. The second kappa shape index (κ2) is 13.7. The average Bonchev–Trinajstić information content (AvgIpc) is 3.28. The van der Waals surface area contributed by atoms with Crippen LogP contribution < -0.4 is 16.6 Å². The minimum Gasteiger partial charge on any atom is -0.477 e. The lowest BCUT2D eigenvalue weighted by Gasteiger charge is -2.13. The first-order chi connectivity index (χ1) is 31.5. The van der Waals surface area contributed by atoms with Crippen molar-refractivity contribution in [3.8, 4) is 0 Å². The molecule has 0 bridgehead atoms. The molecule has 6 aromatic carbocycles. The smallest absolute Gasteiger partial charge is 0.341 e. The quantitative estimate of drug-likeness (QED) is 0.0276. The van der Waals surface area contributed by atoms with Crippen LogP contribution in [-0.4, -0.2) is 45.8 Å². The number of aromatic carboxylic acids is 2. The number of aromatic nitrogens is 4. The summed E-state index contributed by atoms with van der Waals surface area (Å²) in [5.74, 6) is -8.37. The largest absolute Gasteiger partial charge is 0.477 e. The van der Waals surface area contributed by atoms with E-state index in [1.54, 1.807) is 24.3 Å². The second-order valence-electron chi connectivity index (χ2n) is 14.9. The van der Waals surface area contributed by atoms with Gasteiger partial charge in [0, 0.05) is 54.5 Å². The number of benzene rings is 6. The molecule has 6 heterocycles. The van der Waals surface area contributed by atoms with Gasteiger partial charge in [0.05, 0.1) is 54.9 Å². The monoisotopic (exact) mass is 900 g/mol. The van der Waals surface area contributed by atoms with E-state index in [9.17, 15) is 57.1 Å². The van der Waals surface area contributed by atoms with Gasteiger partial charge in [-0.2, -0.15) is 8.78 Å². The molecule has 0 aliphatic heterocycles. The summed E-state index contributed by atoms with van der Waals surface area (Å²) in [4.78, 5) is 65.2. The standard InChI is InChI=1S/C22H9F2N3O7.C22H11F2N3O5/c23-11-4-9-19-21(18(11)24)34-17-5-13-16(6-14(17)26(19)7-10(20(9)28)22(29)30)33-15-3-8(27(31)32)1-2-12(15)25-13;23-11-4-9-19-21(18(11)24)32-17-5-13-16(31-15-3-8(25)1-2-12(15)26-13)6-14(17)27(19)7-10(20(9)28)22(29)30/h1-7,25H,(H,29,30);1-7,26H,25H2,(H,29,30). The number of nitrogens with two attached hydrogens (primary N) is 1. The number of nitrogens with one attached hydrogen (secondary N) is 2. The topological polar surface area (TPSA) is 271 Å². The average molecular weight is 901 g/mol. The van der Waals surface area contributed by atoms with Crippen LogP contribution in [0.4, 0.5) is 28.9 Å². The molecular formula is C44H20F4N6O12. The van der Waals surface area contributed by atoms with Crippen molar-refractivity contribution in [3.05, 3.63) is 150 Å². The number of nitro benzene ring substituents is 1. The molecule has 0 aliphatic carbocycles. The van der Waals surface area contributed by atoms with Gasteiger partial charge in [0.1, 0.15) is 22.2 Å². The van der Waals surface area contributed by atoms with Gasteiger partial charge in [-0.3, -0.25) is 19.7 Å². The van der Waals surface area contributed by atoms with Gasteiger partial charge < -0.3 is 52.4 Å². The van der Waals surface area contributed by atoms with Crippen LogP contribution in [0.15, 0.2) is 112 Å². The fourth-order valence-electron chi connectivity index (χ4n) is 7.97. The highest BCUT2D eigenvalue weighted by Crippen LogP contribution is 2.35. The number of nitro groups is 1. The normalized spacial score (nSPS) is 11.9. The van der Waals surface area contributed by atoms with E-state index in [1.807, 2.05) is 0 Å². The molecule has 0 atom stereocenters. The molecule has 0 aliphatic rings. The number of halogens is 4. The Labute approximate surface area is 356 Å². The molecule has 326 valence electrons. The molecule has 22 heteroatoms. The molecule has 0 unspecified atom stereocenters.